The van der Waals surface area contributed by atoms with E-state index in [1.54, 1.807) is 4.90 Å². The SMILES string of the molecule is CCc1ccc(C(CC(C)=O)C(=O)Cc2c(N)cc(Cl)c(N3CCC(F)(F)CC3)c2Cl)cc1. The molecule has 0 aromatic heterocycles. The van der Waals surface area contributed by atoms with E-state index in [0.717, 1.165) is 17.5 Å². The van der Waals surface area contributed by atoms with Crippen LogP contribution in [-0.4, -0.2) is 30.6 Å². The Morgan fingerprint density at radius 2 is 1.76 bits per heavy atom. The minimum Gasteiger partial charge on any atom is -0.398 e. The van der Waals surface area contributed by atoms with Crippen molar-refractivity contribution in [3.63, 3.8) is 0 Å². The zero-order chi connectivity index (χ0) is 24.3. The van der Waals surface area contributed by atoms with Crippen molar-refractivity contribution in [3.8, 4) is 0 Å². The van der Waals surface area contributed by atoms with Gasteiger partial charge in [0.1, 0.15) is 11.6 Å². The van der Waals surface area contributed by atoms with Crippen LogP contribution in [0.15, 0.2) is 30.3 Å². The van der Waals surface area contributed by atoms with E-state index in [1.165, 1.54) is 13.0 Å². The number of hydrogen-bond acceptors (Lipinski definition) is 4. The second-order valence-electron chi connectivity index (χ2n) is 8.63. The van der Waals surface area contributed by atoms with Gasteiger partial charge in [-0.1, -0.05) is 54.4 Å². The van der Waals surface area contributed by atoms with Crippen molar-refractivity contribution in [1.29, 1.82) is 0 Å². The number of hydrogen-bond donors (Lipinski definition) is 1. The number of carbonyl (C=O) groups excluding carboxylic acids is 2. The van der Waals surface area contributed by atoms with Crippen molar-refractivity contribution in [2.24, 2.45) is 0 Å². The molecule has 1 saturated heterocycles. The van der Waals surface area contributed by atoms with Crippen LogP contribution in [0.4, 0.5) is 20.2 Å². The number of halogens is 4. The molecule has 2 N–H and O–H groups in total. The van der Waals surface area contributed by atoms with Gasteiger partial charge in [-0.2, -0.15) is 0 Å². The Labute approximate surface area is 203 Å². The van der Waals surface area contributed by atoms with Gasteiger partial charge < -0.3 is 10.6 Å². The van der Waals surface area contributed by atoms with E-state index in [9.17, 15) is 18.4 Å². The highest BCUT2D eigenvalue weighted by molar-refractivity contribution is 6.40. The molecule has 1 heterocycles. The quantitative estimate of drug-likeness (QED) is 0.438. The van der Waals surface area contributed by atoms with Gasteiger partial charge in [0.05, 0.1) is 15.7 Å². The summed E-state index contributed by atoms with van der Waals surface area (Å²) < 4.78 is 27.3. The third kappa shape index (κ3) is 6.04. The number of benzene rings is 2. The van der Waals surface area contributed by atoms with E-state index in [1.807, 2.05) is 31.2 Å². The topological polar surface area (TPSA) is 63.4 Å². The molecule has 3 rings (SSSR count). The van der Waals surface area contributed by atoms with Crippen LogP contribution in [0.1, 0.15) is 55.7 Å². The molecule has 1 fully saturated rings. The van der Waals surface area contributed by atoms with Crippen LogP contribution in [0, 0.1) is 0 Å². The van der Waals surface area contributed by atoms with Gasteiger partial charge in [0.25, 0.3) is 5.92 Å². The highest BCUT2D eigenvalue weighted by Crippen LogP contribution is 2.43. The molecule has 8 heteroatoms. The molecule has 0 bridgehead atoms. The van der Waals surface area contributed by atoms with E-state index in [2.05, 4.69) is 0 Å². The van der Waals surface area contributed by atoms with Gasteiger partial charge in [0.2, 0.25) is 0 Å². The van der Waals surface area contributed by atoms with Crippen LogP contribution >= 0.6 is 23.2 Å². The fourth-order valence-electron chi connectivity index (χ4n) is 4.18. The Hall–Kier alpha value is -2.18. The summed E-state index contributed by atoms with van der Waals surface area (Å²) in [6.45, 7) is 3.69. The molecule has 2 aromatic rings. The van der Waals surface area contributed by atoms with Crippen LogP contribution in [0.5, 0.6) is 0 Å². The van der Waals surface area contributed by atoms with Gasteiger partial charge in [0.15, 0.2) is 0 Å². The first-order valence-corrected chi connectivity index (χ1v) is 11.8. The number of rotatable bonds is 8. The van der Waals surface area contributed by atoms with Gasteiger partial charge in [-0.3, -0.25) is 9.59 Å². The normalized spacial score (nSPS) is 16.5. The summed E-state index contributed by atoms with van der Waals surface area (Å²) in [5, 5.41) is 0.454. The number of nitrogen functional groups attached to an aromatic ring is 1. The Morgan fingerprint density at radius 3 is 2.30 bits per heavy atom. The molecule has 1 aliphatic rings. The average Bonchev–Trinajstić information content (AvgIpc) is 2.75. The molecule has 1 aliphatic heterocycles. The average molecular weight is 497 g/mol. The molecule has 0 spiro atoms. The maximum Gasteiger partial charge on any atom is 0.251 e. The van der Waals surface area contributed by atoms with E-state index in [0.29, 0.717) is 11.3 Å². The maximum absolute atomic E-state index is 13.6. The van der Waals surface area contributed by atoms with Crippen LogP contribution in [0.25, 0.3) is 0 Å². The molecule has 2 aromatic carbocycles. The van der Waals surface area contributed by atoms with Crippen LogP contribution in [-0.2, 0) is 22.4 Å². The number of carbonyl (C=O) groups is 2. The van der Waals surface area contributed by atoms with Crippen LogP contribution in [0.2, 0.25) is 10.0 Å². The third-order valence-electron chi connectivity index (χ3n) is 6.16. The lowest BCUT2D eigenvalue weighted by atomic mass is 9.86. The molecule has 4 nitrogen and oxygen atoms in total. The lowest BCUT2D eigenvalue weighted by Crippen LogP contribution is -2.39. The summed E-state index contributed by atoms with van der Waals surface area (Å²) in [7, 11) is 0. The molecule has 178 valence electrons. The van der Waals surface area contributed by atoms with Crippen molar-refractivity contribution in [2.75, 3.05) is 23.7 Å². The van der Waals surface area contributed by atoms with Crippen molar-refractivity contribution in [3.05, 3.63) is 57.1 Å². The summed E-state index contributed by atoms with van der Waals surface area (Å²) in [6.07, 6.45) is 0.253. The van der Waals surface area contributed by atoms with E-state index >= 15 is 0 Å². The van der Waals surface area contributed by atoms with Gasteiger partial charge in [-0.25, -0.2) is 8.78 Å². The smallest absolute Gasteiger partial charge is 0.251 e. The number of piperidine rings is 1. The van der Waals surface area contributed by atoms with Gasteiger partial charge in [0, 0.05) is 55.9 Å². The molecule has 0 saturated carbocycles. The molecular formula is C25H28Cl2F2N2O2. The highest BCUT2D eigenvalue weighted by atomic mass is 35.5. The zero-order valence-electron chi connectivity index (χ0n) is 18.8. The number of Topliss-reactive ketones (excluding diaryl/α,β-unsaturated/α-hetero) is 2. The molecule has 0 radical (unpaired) electrons. The number of aryl methyl sites for hydroxylation is 1. The summed E-state index contributed by atoms with van der Waals surface area (Å²) in [5.74, 6) is -3.63. The molecule has 0 aliphatic carbocycles. The van der Waals surface area contributed by atoms with Crippen molar-refractivity contribution in [1.82, 2.24) is 0 Å². The Balaban J connectivity index is 1.91. The largest absolute Gasteiger partial charge is 0.398 e. The van der Waals surface area contributed by atoms with Crippen molar-refractivity contribution in [2.45, 2.75) is 57.8 Å². The predicted molar refractivity (Wildman–Crippen MR) is 130 cm³/mol. The van der Waals surface area contributed by atoms with Crippen molar-refractivity contribution < 1.29 is 18.4 Å². The standard InChI is InChI=1S/C25H28Cl2F2N2O2/c1-3-16-4-6-17(7-5-16)18(12-15(2)32)22(33)13-19-21(30)14-20(26)24(23(19)27)31-10-8-25(28,29)9-11-31/h4-7,14,18H,3,8-13,30H2,1-2H3. The molecular weight excluding hydrogens is 469 g/mol. The first-order chi connectivity index (χ1) is 15.5. The predicted octanol–water partition coefficient (Wildman–Crippen LogP) is 6.25. The lowest BCUT2D eigenvalue weighted by Gasteiger charge is -2.35. The van der Waals surface area contributed by atoms with Crippen molar-refractivity contribution >= 4 is 46.1 Å². The highest BCUT2D eigenvalue weighted by Gasteiger charge is 2.36. The number of ketones is 2. The summed E-state index contributed by atoms with van der Waals surface area (Å²) >= 11 is 13.0. The first kappa shape index (κ1) is 25.4. The minimum absolute atomic E-state index is 0.0729. The summed E-state index contributed by atoms with van der Waals surface area (Å²) in [6, 6.07) is 9.15. The zero-order valence-corrected chi connectivity index (χ0v) is 20.3. The van der Waals surface area contributed by atoms with Gasteiger partial charge in [-0.05, 0) is 30.5 Å². The summed E-state index contributed by atoms with van der Waals surface area (Å²) in [4.78, 5) is 27.0. The summed E-state index contributed by atoms with van der Waals surface area (Å²) in [5.41, 5.74) is 9.13. The fourth-order valence-corrected chi connectivity index (χ4v) is 4.96. The number of nitrogens with zero attached hydrogens (tertiary/aromatic N) is 1. The van der Waals surface area contributed by atoms with Gasteiger partial charge >= 0.3 is 0 Å². The molecule has 1 unspecified atom stereocenters. The molecule has 0 amide bonds. The molecule has 33 heavy (non-hydrogen) atoms. The number of alkyl halides is 2. The fraction of sp³-hybridized carbons (Fsp3) is 0.440. The van der Waals surface area contributed by atoms with E-state index in [-0.39, 0.29) is 66.1 Å². The lowest BCUT2D eigenvalue weighted by molar-refractivity contribution is -0.124. The van der Waals surface area contributed by atoms with Crippen LogP contribution < -0.4 is 10.6 Å². The Morgan fingerprint density at radius 1 is 1.15 bits per heavy atom. The monoisotopic (exact) mass is 496 g/mol. The second kappa shape index (κ2) is 10.4. The Kier molecular flexibility index (Phi) is 8.01. The van der Waals surface area contributed by atoms with E-state index in [4.69, 9.17) is 28.9 Å². The third-order valence-corrected chi connectivity index (χ3v) is 6.86. The number of anilines is 2. The first-order valence-electron chi connectivity index (χ1n) is 11.0. The minimum atomic E-state index is -2.71. The second-order valence-corrected chi connectivity index (χ2v) is 9.41. The van der Waals surface area contributed by atoms with Gasteiger partial charge in [-0.15, -0.1) is 0 Å². The Bertz CT molecular complexity index is 1030. The van der Waals surface area contributed by atoms with E-state index < -0.39 is 11.8 Å². The number of nitrogens with two attached hydrogens (primary N) is 1. The maximum atomic E-state index is 13.6. The van der Waals surface area contributed by atoms with Crippen LogP contribution in [0.3, 0.4) is 0 Å². The molecule has 1 atom stereocenters.